The summed E-state index contributed by atoms with van der Waals surface area (Å²) in [6.07, 6.45) is 4.56. The Balaban J connectivity index is 1.15. The number of rotatable bonds is 9. The van der Waals surface area contributed by atoms with Crippen LogP contribution in [0.3, 0.4) is 0 Å². The van der Waals surface area contributed by atoms with Gasteiger partial charge in [0.25, 0.3) is 5.91 Å². The molecule has 37 heavy (non-hydrogen) atoms. The van der Waals surface area contributed by atoms with Gasteiger partial charge in [0, 0.05) is 19.5 Å². The highest BCUT2D eigenvalue weighted by atomic mass is 32.2. The van der Waals surface area contributed by atoms with Crippen molar-refractivity contribution in [3.63, 3.8) is 0 Å². The zero-order chi connectivity index (χ0) is 25.6. The fourth-order valence-electron chi connectivity index (χ4n) is 4.09. The van der Waals surface area contributed by atoms with Crippen molar-refractivity contribution in [1.29, 1.82) is 5.41 Å². The summed E-state index contributed by atoms with van der Waals surface area (Å²) in [5.74, 6) is 1.02. The summed E-state index contributed by atoms with van der Waals surface area (Å²) in [5, 5.41) is 15.1. The summed E-state index contributed by atoms with van der Waals surface area (Å²) in [6, 6.07) is 16.9. The van der Waals surface area contributed by atoms with E-state index in [1.54, 1.807) is 6.08 Å². The number of nitrogens with zero attached hydrogens (tertiary/aromatic N) is 4. The molecule has 0 atom stereocenters. The zero-order valence-corrected chi connectivity index (χ0v) is 21.1. The van der Waals surface area contributed by atoms with Crippen LogP contribution in [0.25, 0.3) is 6.08 Å². The zero-order valence-electron chi connectivity index (χ0n) is 20.3. The van der Waals surface area contributed by atoms with Gasteiger partial charge in [-0.15, -0.1) is 0 Å². The number of amides is 2. The molecule has 0 aromatic heterocycles. The number of hydrazone groups is 1. The molecule has 0 saturated carbocycles. The van der Waals surface area contributed by atoms with E-state index in [1.807, 2.05) is 59.5 Å². The largest absolute Gasteiger partial charge is 0.493 e. The Morgan fingerprint density at radius 3 is 2.38 bits per heavy atom. The standard InChI is InChI=1S/C27H27N5O4S/c28-25-22(26(34)29-27-32(25)30-23(37-27)18-24(33)31-13-4-5-14-31)17-19-9-11-21(12-10-19)36-16-6-15-35-20-7-2-1-3-8-20/h1-3,7-12,17,28H,4-6,13-16,18H2/b22-17-,28-25?. The first kappa shape index (κ1) is 24.8. The average molecular weight is 518 g/mol. The fourth-order valence-corrected chi connectivity index (χ4v) is 4.97. The Hall–Kier alpha value is -3.92. The van der Waals surface area contributed by atoms with Gasteiger partial charge in [-0.05, 0) is 60.5 Å². The van der Waals surface area contributed by atoms with Crippen molar-refractivity contribution in [1.82, 2.24) is 9.91 Å². The third kappa shape index (κ3) is 6.08. The molecule has 1 saturated heterocycles. The molecule has 190 valence electrons. The summed E-state index contributed by atoms with van der Waals surface area (Å²) >= 11 is 1.17. The van der Waals surface area contributed by atoms with Crippen LogP contribution >= 0.6 is 11.8 Å². The van der Waals surface area contributed by atoms with E-state index in [9.17, 15) is 9.59 Å². The molecule has 0 bridgehead atoms. The number of likely N-dealkylation sites (tertiary alicyclic amines) is 1. The molecule has 1 N–H and O–H groups in total. The molecule has 5 rings (SSSR count). The predicted octanol–water partition coefficient (Wildman–Crippen LogP) is 4.17. The van der Waals surface area contributed by atoms with Crippen molar-refractivity contribution in [2.24, 2.45) is 10.1 Å². The first-order valence-electron chi connectivity index (χ1n) is 12.2. The van der Waals surface area contributed by atoms with Crippen LogP contribution in [0.15, 0.2) is 70.3 Å². The molecule has 2 aromatic rings. The van der Waals surface area contributed by atoms with Gasteiger partial charge in [-0.1, -0.05) is 30.3 Å². The Kier molecular flexibility index (Phi) is 7.65. The second-order valence-corrected chi connectivity index (χ2v) is 9.75. The molecule has 3 aliphatic heterocycles. The minimum absolute atomic E-state index is 0.0175. The van der Waals surface area contributed by atoms with Gasteiger partial charge in [0.15, 0.2) is 5.84 Å². The summed E-state index contributed by atoms with van der Waals surface area (Å²) in [4.78, 5) is 31.1. The van der Waals surface area contributed by atoms with Crippen molar-refractivity contribution < 1.29 is 19.1 Å². The van der Waals surface area contributed by atoms with Gasteiger partial charge >= 0.3 is 0 Å². The number of amidine groups is 2. The summed E-state index contributed by atoms with van der Waals surface area (Å²) < 4.78 is 11.4. The maximum atomic E-state index is 12.7. The SMILES string of the molecule is N=C1/C(=C/c2ccc(OCCCOc3ccccc3)cc2)C(=O)N=C2SC(CC(=O)N3CCCC3)=NN12. The van der Waals surface area contributed by atoms with Crippen molar-refractivity contribution in [2.45, 2.75) is 25.7 Å². The number of carbonyl (C=O) groups is 2. The highest BCUT2D eigenvalue weighted by Crippen LogP contribution is 2.30. The molecule has 3 heterocycles. The smallest absolute Gasteiger partial charge is 0.283 e. The molecule has 2 aromatic carbocycles. The Morgan fingerprint density at radius 2 is 1.68 bits per heavy atom. The van der Waals surface area contributed by atoms with E-state index in [-0.39, 0.29) is 23.7 Å². The third-order valence-corrected chi connectivity index (χ3v) is 6.93. The number of hydrogen-bond donors (Lipinski definition) is 1. The third-order valence-electron chi connectivity index (χ3n) is 6.02. The van der Waals surface area contributed by atoms with Gasteiger partial charge in [0.1, 0.15) is 16.5 Å². The number of fused-ring (bicyclic) bond motifs is 1. The number of aliphatic imine (C=N–C) groups is 1. The molecule has 0 unspecified atom stereocenters. The van der Waals surface area contributed by atoms with Crippen molar-refractivity contribution in [3.8, 4) is 11.5 Å². The van der Waals surface area contributed by atoms with Crippen LogP contribution in [0, 0.1) is 5.41 Å². The van der Waals surface area contributed by atoms with Crippen LogP contribution < -0.4 is 9.47 Å². The lowest BCUT2D eigenvalue weighted by Gasteiger charge is -2.20. The van der Waals surface area contributed by atoms with E-state index in [0.717, 1.165) is 43.7 Å². The second-order valence-electron chi connectivity index (χ2n) is 8.71. The predicted molar refractivity (Wildman–Crippen MR) is 144 cm³/mol. The number of nitrogens with one attached hydrogen (secondary N) is 1. The van der Waals surface area contributed by atoms with E-state index >= 15 is 0 Å². The van der Waals surface area contributed by atoms with Crippen LogP contribution in [-0.4, -0.2) is 64.1 Å². The first-order chi connectivity index (χ1) is 18.1. The van der Waals surface area contributed by atoms with E-state index in [2.05, 4.69) is 10.1 Å². The molecule has 1 fully saturated rings. The Bertz CT molecular complexity index is 1270. The topological polar surface area (TPSA) is 108 Å². The molecule has 3 aliphatic rings. The molecule has 0 aliphatic carbocycles. The Morgan fingerprint density at radius 1 is 1.00 bits per heavy atom. The van der Waals surface area contributed by atoms with Crippen LogP contribution in [0.4, 0.5) is 0 Å². The Labute approximate surface area is 219 Å². The van der Waals surface area contributed by atoms with Crippen molar-refractivity contribution in [3.05, 3.63) is 65.7 Å². The molecule has 0 spiro atoms. The summed E-state index contributed by atoms with van der Waals surface area (Å²) in [7, 11) is 0. The van der Waals surface area contributed by atoms with Crippen LogP contribution in [0.1, 0.15) is 31.2 Å². The molecular weight excluding hydrogens is 490 g/mol. The van der Waals surface area contributed by atoms with E-state index in [4.69, 9.17) is 14.9 Å². The van der Waals surface area contributed by atoms with E-state index in [1.165, 1.54) is 16.8 Å². The van der Waals surface area contributed by atoms with Crippen molar-refractivity contribution >= 4 is 45.7 Å². The monoisotopic (exact) mass is 517 g/mol. The summed E-state index contributed by atoms with van der Waals surface area (Å²) in [6.45, 7) is 2.62. The van der Waals surface area contributed by atoms with Gasteiger partial charge in [-0.3, -0.25) is 15.0 Å². The van der Waals surface area contributed by atoms with Gasteiger partial charge < -0.3 is 14.4 Å². The minimum atomic E-state index is -0.496. The van der Waals surface area contributed by atoms with Crippen LogP contribution in [0.5, 0.6) is 11.5 Å². The number of ether oxygens (including phenoxy) is 2. The average Bonchev–Trinajstić information content (AvgIpc) is 3.58. The van der Waals surface area contributed by atoms with E-state index < -0.39 is 5.91 Å². The maximum Gasteiger partial charge on any atom is 0.283 e. The first-order valence-corrected chi connectivity index (χ1v) is 13.1. The van der Waals surface area contributed by atoms with Crippen LogP contribution in [-0.2, 0) is 9.59 Å². The van der Waals surface area contributed by atoms with Crippen LogP contribution in [0.2, 0.25) is 0 Å². The van der Waals surface area contributed by atoms with Crippen molar-refractivity contribution in [2.75, 3.05) is 26.3 Å². The molecule has 10 heteroatoms. The van der Waals surface area contributed by atoms with E-state index in [0.29, 0.717) is 29.2 Å². The lowest BCUT2D eigenvalue weighted by molar-refractivity contribution is -0.128. The van der Waals surface area contributed by atoms with Gasteiger partial charge in [0.2, 0.25) is 11.1 Å². The molecule has 2 amide bonds. The quantitative estimate of drug-likeness (QED) is 0.395. The molecule has 9 nitrogen and oxygen atoms in total. The number of thioether (sulfide) groups is 1. The number of benzene rings is 2. The highest BCUT2D eigenvalue weighted by molar-refractivity contribution is 8.27. The number of para-hydroxylation sites is 1. The second kappa shape index (κ2) is 11.4. The normalized spacial score (nSPS) is 18.1. The van der Waals surface area contributed by atoms with Gasteiger partial charge in [-0.25, -0.2) is 0 Å². The fraction of sp³-hybridized carbons (Fsp3) is 0.296. The highest BCUT2D eigenvalue weighted by Gasteiger charge is 2.36. The summed E-state index contributed by atoms with van der Waals surface area (Å²) in [5.41, 5.74) is 0.888. The lowest BCUT2D eigenvalue weighted by atomic mass is 10.1. The maximum absolute atomic E-state index is 12.7. The minimum Gasteiger partial charge on any atom is -0.493 e. The van der Waals surface area contributed by atoms with Gasteiger partial charge in [-0.2, -0.15) is 15.1 Å². The van der Waals surface area contributed by atoms with Gasteiger partial charge in [0.05, 0.1) is 25.2 Å². The molecular formula is C27H27N5O4S. The number of carbonyl (C=O) groups excluding carboxylic acids is 2. The molecule has 0 radical (unpaired) electrons. The number of hydrogen-bond acceptors (Lipinski definition) is 7. The lowest BCUT2D eigenvalue weighted by Crippen LogP contribution is -2.35.